The Labute approximate surface area is 259 Å². The first-order valence-electron chi connectivity index (χ1n) is 16.3. The van der Waals surface area contributed by atoms with Crippen molar-refractivity contribution in [2.75, 3.05) is 20.8 Å². The number of rotatable bonds is 11. The highest BCUT2D eigenvalue weighted by atomic mass is 28.4. The summed E-state index contributed by atoms with van der Waals surface area (Å²) in [4.78, 5) is 10.6. The van der Waals surface area contributed by atoms with Gasteiger partial charge in [-0.2, -0.15) is 0 Å². The highest BCUT2D eigenvalue weighted by molar-refractivity contribution is 6.70. The maximum Gasteiger partial charge on any atom is 0.184 e. The van der Waals surface area contributed by atoms with Crippen molar-refractivity contribution in [3.05, 3.63) is 11.6 Å². The molecule has 0 N–H and O–H groups in total. The van der Waals surface area contributed by atoms with Gasteiger partial charge in [0.2, 0.25) is 0 Å². The molecule has 240 valence electrons. The van der Waals surface area contributed by atoms with E-state index in [9.17, 15) is 0 Å². The average Bonchev–Trinajstić information content (AvgIpc) is 3.22. The molecule has 0 radical (unpaired) electrons. The predicted octanol–water partition coefficient (Wildman–Crippen LogP) is 8.08. The minimum atomic E-state index is -1.85. The standard InChI is InChI=1S/C32H60N2O5Si3/c1-31-18-17-24(34-36-3)19-23(31)13-14-25-26-15-16-27(29(39-42(10,11)12)21-37-40(4,5)6)32(26,22-33-35-2)20-28(30(25)31)38-41(7,8)9/h19,22,25-30H,13-18,20-21H2,1-12H3/b33-22+,34-24-/t25-,26-,27+,28-,29-,30+,31-,32+/m0/s1. The molecule has 3 saturated carbocycles. The third-order valence-corrected chi connectivity index (χ3v) is 13.4. The van der Waals surface area contributed by atoms with Crippen molar-refractivity contribution in [3.8, 4) is 0 Å². The van der Waals surface area contributed by atoms with E-state index in [-0.39, 0.29) is 23.0 Å². The summed E-state index contributed by atoms with van der Waals surface area (Å²) >= 11 is 0. The minimum absolute atomic E-state index is 0.0536. The number of hydrogen-bond acceptors (Lipinski definition) is 7. The second kappa shape index (κ2) is 12.5. The Morgan fingerprint density at radius 2 is 1.64 bits per heavy atom. The van der Waals surface area contributed by atoms with Crippen molar-refractivity contribution in [2.45, 2.75) is 123 Å². The van der Waals surface area contributed by atoms with Crippen LogP contribution in [-0.2, 0) is 23.0 Å². The summed E-state index contributed by atoms with van der Waals surface area (Å²) < 4.78 is 21.0. The Kier molecular flexibility index (Phi) is 10.2. The van der Waals surface area contributed by atoms with E-state index in [1.54, 1.807) is 19.8 Å². The molecular weight excluding hydrogens is 577 g/mol. The summed E-state index contributed by atoms with van der Waals surface area (Å²) in [7, 11) is -2.08. The van der Waals surface area contributed by atoms with Gasteiger partial charge in [-0.15, -0.1) is 0 Å². The van der Waals surface area contributed by atoms with E-state index >= 15 is 0 Å². The van der Waals surface area contributed by atoms with Gasteiger partial charge in [-0.05, 0) is 139 Å². The second-order valence-corrected chi connectivity index (χ2v) is 30.0. The Hall–Kier alpha value is -0.789. The van der Waals surface area contributed by atoms with Gasteiger partial charge in [-0.1, -0.05) is 22.8 Å². The van der Waals surface area contributed by atoms with Gasteiger partial charge >= 0.3 is 0 Å². The molecule has 42 heavy (non-hydrogen) atoms. The fourth-order valence-electron chi connectivity index (χ4n) is 9.10. The van der Waals surface area contributed by atoms with Crippen LogP contribution >= 0.6 is 0 Å². The third kappa shape index (κ3) is 7.36. The van der Waals surface area contributed by atoms with E-state index in [4.69, 9.17) is 23.0 Å². The fraction of sp³-hybridized carbons (Fsp3) is 0.875. The molecule has 3 fully saturated rings. The van der Waals surface area contributed by atoms with Gasteiger partial charge in [0, 0.05) is 11.5 Å². The first-order chi connectivity index (χ1) is 19.4. The lowest BCUT2D eigenvalue weighted by Crippen LogP contribution is -2.61. The highest BCUT2D eigenvalue weighted by Gasteiger charge is 2.65. The molecular formula is C32H60N2O5Si3. The molecule has 7 nitrogen and oxygen atoms in total. The highest BCUT2D eigenvalue weighted by Crippen LogP contribution is 2.67. The first-order valence-corrected chi connectivity index (χ1v) is 26.5. The van der Waals surface area contributed by atoms with Crippen molar-refractivity contribution in [3.63, 3.8) is 0 Å². The zero-order chi connectivity index (χ0) is 31.1. The summed E-state index contributed by atoms with van der Waals surface area (Å²) in [5.74, 6) is 1.91. The van der Waals surface area contributed by atoms with Gasteiger partial charge < -0.3 is 23.0 Å². The molecule has 0 spiro atoms. The van der Waals surface area contributed by atoms with Crippen LogP contribution in [0.15, 0.2) is 22.0 Å². The maximum absolute atomic E-state index is 7.29. The van der Waals surface area contributed by atoms with Crippen LogP contribution in [0, 0.1) is 34.5 Å². The quantitative estimate of drug-likeness (QED) is 0.130. The Morgan fingerprint density at radius 3 is 2.24 bits per heavy atom. The molecule has 0 bridgehead atoms. The van der Waals surface area contributed by atoms with E-state index in [2.05, 4.69) is 88.4 Å². The van der Waals surface area contributed by atoms with Gasteiger partial charge in [-0.25, -0.2) is 0 Å². The molecule has 4 aliphatic carbocycles. The van der Waals surface area contributed by atoms with Crippen molar-refractivity contribution in [1.82, 2.24) is 0 Å². The average molecular weight is 637 g/mol. The second-order valence-electron chi connectivity index (χ2n) is 16.6. The molecule has 0 aromatic carbocycles. The van der Waals surface area contributed by atoms with Crippen molar-refractivity contribution < 1.29 is 23.0 Å². The summed E-state index contributed by atoms with van der Waals surface area (Å²) in [6.07, 6.45) is 12.5. The predicted molar refractivity (Wildman–Crippen MR) is 181 cm³/mol. The zero-order valence-electron chi connectivity index (χ0n) is 28.7. The molecule has 0 amide bonds. The SMILES string of the molecule is CO/N=C1\C=C2CC[C@@H]3[C@H]([C@@H](O[Si](C)(C)C)C[C@]4(/C=N/OC)[C@@H]([C@H](CO[Si](C)(C)C)O[Si](C)(C)C)CC[C@@H]34)[C@@]2(C)CC1. The molecule has 0 saturated heterocycles. The number of hydrogen-bond donors (Lipinski definition) is 0. The smallest absolute Gasteiger partial charge is 0.184 e. The third-order valence-electron chi connectivity index (χ3n) is 10.3. The van der Waals surface area contributed by atoms with Gasteiger partial charge in [0.05, 0.1) is 24.6 Å². The topological polar surface area (TPSA) is 70.9 Å². The summed E-state index contributed by atoms with van der Waals surface area (Å²) in [6.45, 7) is 24.0. The molecule has 0 aromatic rings. The van der Waals surface area contributed by atoms with Gasteiger partial charge in [0.15, 0.2) is 25.0 Å². The molecule has 0 aliphatic heterocycles. The largest absolute Gasteiger partial charge is 0.415 e. The van der Waals surface area contributed by atoms with Crippen LogP contribution < -0.4 is 0 Å². The normalized spacial score (nSPS) is 37.2. The first kappa shape index (κ1) is 34.1. The summed E-state index contributed by atoms with van der Waals surface area (Å²) in [5, 5.41) is 8.92. The van der Waals surface area contributed by atoms with Crippen LogP contribution in [-0.4, -0.2) is 69.9 Å². The van der Waals surface area contributed by atoms with Gasteiger partial charge in [0.1, 0.15) is 14.2 Å². The van der Waals surface area contributed by atoms with Crippen LogP contribution in [0.25, 0.3) is 0 Å². The van der Waals surface area contributed by atoms with Crippen LogP contribution in [0.5, 0.6) is 0 Å². The lowest BCUT2D eigenvalue weighted by molar-refractivity contribution is -0.112. The molecule has 4 rings (SSSR count). The molecule has 0 aromatic heterocycles. The van der Waals surface area contributed by atoms with Crippen LogP contribution in [0.1, 0.15) is 51.9 Å². The van der Waals surface area contributed by atoms with Crippen molar-refractivity contribution in [1.29, 1.82) is 0 Å². The molecule has 0 heterocycles. The number of allylic oxidation sites excluding steroid dienone is 2. The minimum Gasteiger partial charge on any atom is -0.415 e. The Bertz CT molecular complexity index is 1050. The van der Waals surface area contributed by atoms with E-state index < -0.39 is 25.0 Å². The van der Waals surface area contributed by atoms with Crippen LogP contribution in [0.3, 0.4) is 0 Å². The molecule has 0 unspecified atom stereocenters. The molecule has 4 aliphatic rings. The van der Waals surface area contributed by atoms with E-state index in [0.29, 0.717) is 30.3 Å². The van der Waals surface area contributed by atoms with E-state index in [1.165, 1.54) is 12.8 Å². The summed E-state index contributed by atoms with van der Waals surface area (Å²) in [6, 6.07) is 0. The number of oxime groups is 2. The zero-order valence-corrected chi connectivity index (χ0v) is 31.7. The Balaban J connectivity index is 1.80. The fourth-order valence-corrected chi connectivity index (χ4v) is 12.0. The molecule has 10 heteroatoms. The van der Waals surface area contributed by atoms with Gasteiger partial charge in [-0.3, -0.25) is 0 Å². The van der Waals surface area contributed by atoms with Crippen LogP contribution in [0.2, 0.25) is 58.9 Å². The lowest BCUT2D eigenvalue weighted by atomic mass is 9.45. The van der Waals surface area contributed by atoms with Crippen LogP contribution in [0.4, 0.5) is 0 Å². The monoisotopic (exact) mass is 636 g/mol. The van der Waals surface area contributed by atoms with Gasteiger partial charge in [0.25, 0.3) is 0 Å². The van der Waals surface area contributed by atoms with Crippen molar-refractivity contribution >= 4 is 36.9 Å². The van der Waals surface area contributed by atoms with Crippen molar-refractivity contribution in [2.24, 2.45) is 44.8 Å². The number of fused-ring (bicyclic) bond motifs is 5. The number of nitrogens with zero attached hydrogens (tertiary/aromatic N) is 2. The summed E-state index contributed by atoms with van der Waals surface area (Å²) in [5.41, 5.74) is 2.60. The Morgan fingerprint density at radius 1 is 0.929 bits per heavy atom. The van der Waals surface area contributed by atoms with E-state index in [0.717, 1.165) is 37.8 Å². The van der Waals surface area contributed by atoms with E-state index in [1.807, 2.05) is 0 Å². The lowest BCUT2D eigenvalue weighted by Gasteiger charge is -2.61. The maximum atomic E-state index is 7.29. The molecule has 8 atom stereocenters.